The number of nitrogens with one attached hydrogen (secondary N) is 2. The molecule has 2 heterocycles. The summed E-state index contributed by atoms with van der Waals surface area (Å²) in [5, 5.41) is 15.4. The lowest BCUT2D eigenvalue weighted by Gasteiger charge is -2.45. The SMILES string of the molecule is CCNC(=NCc1nnc2ccccn12)NCC1(N(C)C)CCCC(C)C1. The van der Waals surface area contributed by atoms with E-state index in [2.05, 4.69) is 53.7 Å². The van der Waals surface area contributed by atoms with E-state index in [1.165, 1.54) is 25.7 Å². The summed E-state index contributed by atoms with van der Waals surface area (Å²) in [6.07, 6.45) is 7.06. The fourth-order valence-corrected chi connectivity index (χ4v) is 4.10. The van der Waals surface area contributed by atoms with Crippen LogP contribution >= 0.6 is 0 Å². The Hall–Kier alpha value is -2.15. The lowest BCUT2D eigenvalue weighted by Crippen LogP contribution is -2.56. The Bertz CT molecular complexity index is 767. The molecule has 0 aromatic carbocycles. The van der Waals surface area contributed by atoms with E-state index in [0.717, 1.165) is 36.4 Å². The summed E-state index contributed by atoms with van der Waals surface area (Å²) in [7, 11) is 4.40. The number of nitrogens with zero attached hydrogens (tertiary/aromatic N) is 5. The van der Waals surface area contributed by atoms with Gasteiger partial charge in [0.2, 0.25) is 0 Å². The number of hydrogen-bond donors (Lipinski definition) is 2. The highest BCUT2D eigenvalue weighted by Gasteiger charge is 2.36. The third kappa shape index (κ3) is 4.58. The monoisotopic (exact) mass is 371 g/mol. The Morgan fingerprint density at radius 2 is 2.19 bits per heavy atom. The molecule has 2 unspecified atom stereocenters. The van der Waals surface area contributed by atoms with Crippen molar-refractivity contribution in [2.45, 2.75) is 51.6 Å². The maximum absolute atomic E-state index is 4.75. The molecule has 3 rings (SSSR count). The van der Waals surface area contributed by atoms with Crippen LogP contribution in [0.15, 0.2) is 29.4 Å². The second kappa shape index (κ2) is 8.69. The van der Waals surface area contributed by atoms with Gasteiger partial charge >= 0.3 is 0 Å². The highest BCUT2D eigenvalue weighted by Crippen LogP contribution is 2.35. The van der Waals surface area contributed by atoms with Crippen LogP contribution in [0.1, 0.15) is 45.4 Å². The maximum atomic E-state index is 4.75. The van der Waals surface area contributed by atoms with Crippen LogP contribution in [0.3, 0.4) is 0 Å². The zero-order valence-electron chi connectivity index (χ0n) is 17.1. The average Bonchev–Trinajstić information content (AvgIpc) is 3.07. The molecule has 7 nitrogen and oxygen atoms in total. The van der Waals surface area contributed by atoms with Gasteiger partial charge in [0.25, 0.3) is 0 Å². The molecule has 2 aromatic heterocycles. The van der Waals surface area contributed by atoms with E-state index in [1.54, 1.807) is 0 Å². The second-order valence-corrected chi connectivity index (χ2v) is 7.91. The zero-order valence-corrected chi connectivity index (χ0v) is 17.1. The summed E-state index contributed by atoms with van der Waals surface area (Å²) in [5.74, 6) is 2.45. The van der Waals surface area contributed by atoms with Gasteiger partial charge in [0, 0.05) is 24.8 Å². The van der Waals surface area contributed by atoms with Crippen molar-refractivity contribution in [3.8, 4) is 0 Å². The first-order chi connectivity index (χ1) is 13.0. The fourth-order valence-electron chi connectivity index (χ4n) is 4.10. The number of pyridine rings is 1. The first-order valence-electron chi connectivity index (χ1n) is 10.0. The van der Waals surface area contributed by atoms with E-state index in [4.69, 9.17) is 4.99 Å². The molecule has 148 valence electrons. The molecule has 27 heavy (non-hydrogen) atoms. The van der Waals surface area contributed by atoms with Crippen LogP contribution in [0, 0.1) is 5.92 Å². The van der Waals surface area contributed by atoms with Crippen molar-refractivity contribution in [3.63, 3.8) is 0 Å². The predicted octanol–water partition coefficient (Wildman–Crippen LogP) is 2.29. The number of aliphatic imine (C=N–C) groups is 1. The topological polar surface area (TPSA) is 69.8 Å². The molecular formula is C20H33N7. The largest absolute Gasteiger partial charge is 0.357 e. The van der Waals surface area contributed by atoms with Gasteiger partial charge in [-0.2, -0.15) is 0 Å². The van der Waals surface area contributed by atoms with Gasteiger partial charge in [-0.1, -0.05) is 25.8 Å². The minimum atomic E-state index is 0.190. The van der Waals surface area contributed by atoms with Crippen molar-refractivity contribution < 1.29 is 0 Å². The molecule has 2 atom stereocenters. The van der Waals surface area contributed by atoms with E-state index in [0.29, 0.717) is 6.54 Å². The van der Waals surface area contributed by atoms with Gasteiger partial charge in [-0.15, -0.1) is 10.2 Å². The van der Waals surface area contributed by atoms with E-state index in [-0.39, 0.29) is 5.54 Å². The lowest BCUT2D eigenvalue weighted by molar-refractivity contribution is 0.0795. The molecule has 1 aliphatic carbocycles. The van der Waals surface area contributed by atoms with Crippen LogP contribution in [0.4, 0.5) is 0 Å². The Morgan fingerprint density at radius 1 is 1.33 bits per heavy atom. The number of rotatable bonds is 6. The summed E-state index contributed by atoms with van der Waals surface area (Å²) in [6, 6.07) is 5.90. The molecule has 7 heteroatoms. The third-order valence-electron chi connectivity index (χ3n) is 5.71. The number of hydrogen-bond acceptors (Lipinski definition) is 4. The Balaban J connectivity index is 1.70. The standard InChI is InChI=1S/C20H33N7/c1-5-21-19(22-14-18-25-24-17-10-6-7-12-27(17)18)23-15-20(26(3)4)11-8-9-16(2)13-20/h6-7,10,12,16H,5,8-9,11,13-15H2,1-4H3,(H2,21,22,23). The number of fused-ring (bicyclic) bond motifs is 1. The van der Waals surface area contributed by atoms with Gasteiger partial charge in [0.1, 0.15) is 6.54 Å². The molecule has 0 saturated heterocycles. The minimum Gasteiger partial charge on any atom is -0.357 e. The summed E-state index contributed by atoms with van der Waals surface area (Å²) in [4.78, 5) is 7.15. The van der Waals surface area contributed by atoms with E-state index < -0.39 is 0 Å². The third-order valence-corrected chi connectivity index (χ3v) is 5.71. The molecule has 0 bridgehead atoms. The highest BCUT2D eigenvalue weighted by atomic mass is 15.3. The summed E-state index contributed by atoms with van der Waals surface area (Å²) < 4.78 is 1.98. The molecule has 0 aliphatic heterocycles. The van der Waals surface area contributed by atoms with Crippen LogP contribution in [0.5, 0.6) is 0 Å². The second-order valence-electron chi connectivity index (χ2n) is 7.91. The minimum absolute atomic E-state index is 0.190. The highest BCUT2D eigenvalue weighted by molar-refractivity contribution is 5.79. The van der Waals surface area contributed by atoms with Crippen molar-refractivity contribution in [2.75, 3.05) is 27.2 Å². The van der Waals surface area contributed by atoms with Crippen LogP contribution < -0.4 is 10.6 Å². The lowest BCUT2D eigenvalue weighted by atomic mass is 9.75. The number of aromatic nitrogens is 3. The molecule has 1 aliphatic rings. The summed E-state index contributed by atoms with van der Waals surface area (Å²) in [6.45, 7) is 6.68. The molecule has 2 aromatic rings. The van der Waals surface area contributed by atoms with Gasteiger partial charge in [-0.25, -0.2) is 4.99 Å². The average molecular weight is 372 g/mol. The first kappa shape index (κ1) is 19.6. The molecule has 1 fully saturated rings. The smallest absolute Gasteiger partial charge is 0.191 e. The van der Waals surface area contributed by atoms with Crippen LogP contribution in [0.25, 0.3) is 5.65 Å². The molecule has 0 radical (unpaired) electrons. The van der Waals surface area contributed by atoms with Gasteiger partial charge in [0.15, 0.2) is 17.4 Å². The van der Waals surface area contributed by atoms with Crippen LogP contribution in [0.2, 0.25) is 0 Å². The fraction of sp³-hybridized carbons (Fsp3) is 0.650. The quantitative estimate of drug-likeness (QED) is 0.602. The molecule has 2 N–H and O–H groups in total. The van der Waals surface area contributed by atoms with Crippen molar-refractivity contribution in [1.82, 2.24) is 30.1 Å². The first-order valence-corrected chi connectivity index (χ1v) is 10.0. The molecule has 0 spiro atoms. The molecule has 0 amide bonds. The van der Waals surface area contributed by atoms with Crippen molar-refractivity contribution >= 4 is 11.6 Å². The predicted molar refractivity (Wildman–Crippen MR) is 110 cm³/mol. The number of guanidine groups is 1. The Kier molecular flexibility index (Phi) is 6.31. The van der Waals surface area contributed by atoms with E-state index in [9.17, 15) is 0 Å². The van der Waals surface area contributed by atoms with Crippen molar-refractivity contribution in [2.24, 2.45) is 10.9 Å². The van der Waals surface area contributed by atoms with E-state index >= 15 is 0 Å². The molecule has 1 saturated carbocycles. The van der Waals surface area contributed by atoms with Crippen LogP contribution in [-0.4, -0.2) is 58.2 Å². The summed E-state index contributed by atoms with van der Waals surface area (Å²) >= 11 is 0. The van der Waals surface area contributed by atoms with Gasteiger partial charge in [-0.05, 0) is 51.9 Å². The maximum Gasteiger partial charge on any atom is 0.191 e. The summed E-state index contributed by atoms with van der Waals surface area (Å²) in [5.41, 5.74) is 1.04. The normalized spacial score (nSPS) is 23.7. The van der Waals surface area contributed by atoms with Gasteiger partial charge in [0.05, 0.1) is 0 Å². The van der Waals surface area contributed by atoms with Gasteiger partial charge < -0.3 is 15.5 Å². The number of likely N-dealkylation sites (N-methyl/N-ethyl adjacent to an activating group) is 1. The van der Waals surface area contributed by atoms with Gasteiger partial charge in [-0.3, -0.25) is 4.40 Å². The van der Waals surface area contributed by atoms with Crippen LogP contribution in [-0.2, 0) is 6.54 Å². The van der Waals surface area contributed by atoms with E-state index in [1.807, 2.05) is 28.8 Å². The molecular weight excluding hydrogens is 338 g/mol. The Morgan fingerprint density at radius 3 is 2.93 bits per heavy atom. The zero-order chi connectivity index (χ0) is 19.3. The van der Waals surface area contributed by atoms with Crippen molar-refractivity contribution in [1.29, 1.82) is 0 Å². The van der Waals surface area contributed by atoms with Crippen molar-refractivity contribution in [3.05, 3.63) is 30.2 Å². The Labute approximate surface area is 162 Å².